The monoisotopic (exact) mass is 148 g/mol. The molecule has 0 saturated carbocycles. The first kappa shape index (κ1) is 9.15. The van der Waals surface area contributed by atoms with Crippen molar-refractivity contribution in [2.24, 2.45) is 0 Å². The summed E-state index contributed by atoms with van der Waals surface area (Å²) in [7, 11) is -0.569. The van der Waals surface area contributed by atoms with Crippen LogP contribution in [-0.2, 0) is 10.8 Å². The van der Waals surface area contributed by atoms with Crippen molar-refractivity contribution >= 4 is 10.8 Å². The first-order chi connectivity index (χ1) is 4.27. The summed E-state index contributed by atoms with van der Waals surface area (Å²) in [6.07, 6.45) is 6.70. The Morgan fingerprint density at radius 3 is 2.33 bits per heavy atom. The fourth-order valence-electron chi connectivity index (χ4n) is 0.732. The van der Waals surface area contributed by atoms with Gasteiger partial charge in [0.25, 0.3) is 0 Å². The van der Waals surface area contributed by atoms with Gasteiger partial charge in [0.05, 0.1) is 0 Å². The van der Waals surface area contributed by atoms with Gasteiger partial charge in [-0.05, 0) is 6.42 Å². The van der Waals surface area contributed by atoms with Gasteiger partial charge >= 0.3 is 0 Å². The third-order valence-corrected chi connectivity index (χ3v) is 2.15. The lowest BCUT2D eigenvalue weighted by molar-refractivity contribution is 0.671. The van der Waals surface area contributed by atoms with Gasteiger partial charge in [-0.25, -0.2) is 0 Å². The normalized spacial score (nSPS) is 13.6. The van der Waals surface area contributed by atoms with Crippen molar-refractivity contribution in [3.8, 4) is 0 Å². The average Bonchev–Trinajstić information content (AvgIpc) is 1.80. The molecule has 0 spiro atoms. The lowest BCUT2D eigenvalue weighted by Gasteiger charge is -1.94. The standard InChI is InChI=1S/C7H16OS/c1-3-4-5-6-7-9(2)8/h3-7H2,1-2H3. The van der Waals surface area contributed by atoms with Gasteiger partial charge in [-0.2, -0.15) is 0 Å². The van der Waals surface area contributed by atoms with E-state index in [2.05, 4.69) is 6.92 Å². The zero-order valence-corrected chi connectivity index (χ0v) is 7.17. The van der Waals surface area contributed by atoms with Crippen molar-refractivity contribution in [3.63, 3.8) is 0 Å². The highest BCUT2D eigenvalue weighted by molar-refractivity contribution is 7.84. The van der Waals surface area contributed by atoms with Crippen LogP contribution in [0.3, 0.4) is 0 Å². The number of unbranched alkanes of at least 4 members (excludes halogenated alkanes) is 3. The molecule has 9 heavy (non-hydrogen) atoms. The molecule has 0 heterocycles. The van der Waals surface area contributed by atoms with Crippen LogP contribution < -0.4 is 0 Å². The van der Waals surface area contributed by atoms with Crippen molar-refractivity contribution in [2.75, 3.05) is 12.0 Å². The topological polar surface area (TPSA) is 17.1 Å². The molecule has 1 atom stereocenters. The van der Waals surface area contributed by atoms with Gasteiger partial charge in [0, 0.05) is 22.8 Å². The first-order valence-electron chi connectivity index (χ1n) is 3.57. The molecule has 0 saturated heterocycles. The second-order valence-corrected chi connectivity index (χ2v) is 3.89. The second kappa shape index (κ2) is 6.27. The fraction of sp³-hybridized carbons (Fsp3) is 1.00. The summed E-state index contributed by atoms with van der Waals surface area (Å²) in [6.45, 7) is 2.18. The maximum absolute atomic E-state index is 10.5. The molecule has 0 aliphatic heterocycles. The van der Waals surface area contributed by atoms with Crippen LogP contribution in [0, 0.1) is 0 Å². The summed E-state index contributed by atoms with van der Waals surface area (Å²) in [5, 5.41) is 0. The Morgan fingerprint density at radius 2 is 1.89 bits per heavy atom. The molecule has 0 aromatic carbocycles. The number of rotatable bonds is 5. The molecule has 0 radical (unpaired) electrons. The highest BCUT2D eigenvalue weighted by atomic mass is 32.2. The zero-order chi connectivity index (χ0) is 7.11. The second-order valence-electron chi connectivity index (χ2n) is 2.34. The SMILES string of the molecule is CCCCCCS(C)=O. The molecule has 1 nitrogen and oxygen atoms in total. The highest BCUT2D eigenvalue weighted by Crippen LogP contribution is 1.98. The summed E-state index contributed by atoms with van der Waals surface area (Å²) in [4.78, 5) is 0. The van der Waals surface area contributed by atoms with Gasteiger partial charge in [0.15, 0.2) is 0 Å². The van der Waals surface area contributed by atoms with Crippen LogP contribution in [0.1, 0.15) is 32.6 Å². The van der Waals surface area contributed by atoms with E-state index in [4.69, 9.17) is 0 Å². The lowest BCUT2D eigenvalue weighted by atomic mass is 10.2. The molecule has 0 bridgehead atoms. The lowest BCUT2D eigenvalue weighted by Crippen LogP contribution is -1.92. The molecular weight excluding hydrogens is 132 g/mol. The van der Waals surface area contributed by atoms with E-state index in [0.717, 1.165) is 12.2 Å². The van der Waals surface area contributed by atoms with Crippen LogP contribution >= 0.6 is 0 Å². The predicted molar refractivity (Wildman–Crippen MR) is 43.1 cm³/mol. The molecule has 2 heteroatoms. The zero-order valence-electron chi connectivity index (χ0n) is 6.35. The van der Waals surface area contributed by atoms with Crippen LogP contribution in [0.25, 0.3) is 0 Å². The van der Waals surface area contributed by atoms with Crippen LogP contribution in [0.4, 0.5) is 0 Å². The van der Waals surface area contributed by atoms with Crippen molar-refractivity contribution in [1.82, 2.24) is 0 Å². The van der Waals surface area contributed by atoms with Gasteiger partial charge < -0.3 is 0 Å². The largest absolute Gasteiger partial charge is 0.260 e. The predicted octanol–water partition coefficient (Wildman–Crippen LogP) is 1.95. The van der Waals surface area contributed by atoms with E-state index in [1.165, 1.54) is 19.3 Å². The molecule has 0 rings (SSSR count). The molecule has 0 amide bonds. The van der Waals surface area contributed by atoms with Crippen molar-refractivity contribution in [3.05, 3.63) is 0 Å². The molecular formula is C7H16OS. The Bertz CT molecular complexity index is 81.0. The number of hydrogen-bond acceptors (Lipinski definition) is 1. The van der Waals surface area contributed by atoms with E-state index in [1.54, 1.807) is 6.26 Å². The third kappa shape index (κ3) is 8.15. The summed E-state index contributed by atoms with van der Waals surface area (Å²) in [6, 6.07) is 0. The smallest absolute Gasteiger partial charge is 0.0232 e. The van der Waals surface area contributed by atoms with Crippen molar-refractivity contribution < 1.29 is 4.21 Å². The maximum atomic E-state index is 10.5. The minimum Gasteiger partial charge on any atom is -0.260 e. The quantitative estimate of drug-likeness (QED) is 0.545. The minimum atomic E-state index is -0.569. The molecule has 56 valence electrons. The van der Waals surface area contributed by atoms with E-state index in [0.29, 0.717) is 0 Å². The van der Waals surface area contributed by atoms with Crippen LogP contribution in [-0.4, -0.2) is 16.2 Å². The van der Waals surface area contributed by atoms with Gasteiger partial charge in [0.2, 0.25) is 0 Å². The Hall–Kier alpha value is 0.150. The molecule has 0 N–H and O–H groups in total. The van der Waals surface area contributed by atoms with Gasteiger partial charge in [-0.15, -0.1) is 0 Å². The molecule has 0 aromatic heterocycles. The first-order valence-corrected chi connectivity index (χ1v) is 5.30. The maximum Gasteiger partial charge on any atom is 0.0232 e. The molecule has 0 fully saturated rings. The Labute approximate surface area is 60.3 Å². The van der Waals surface area contributed by atoms with Gasteiger partial charge in [-0.3, -0.25) is 4.21 Å². The van der Waals surface area contributed by atoms with Gasteiger partial charge in [0.1, 0.15) is 0 Å². The van der Waals surface area contributed by atoms with E-state index >= 15 is 0 Å². The Kier molecular flexibility index (Phi) is 6.38. The van der Waals surface area contributed by atoms with E-state index < -0.39 is 10.8 Å². The molecule has 0 aromatic rings. The molecule has 0 aliphatic carbocycles. The van der Waals surface area contributed by atoms with E-state index in [9.17, 15) is 4.21 Å². The van der Waals surface area contributed by atoms with E-state index in [1.807, 2.05) is 0 Å². The van der Waals surface area contributed by atoms with Gasteiger partial charge in [-0.1, -0.05) is 26.2 Å². The van der Waals surface area contributed by atoms with Crippen LogP contribution in [0.5, 0.6) is 0 Å². The highest BCUT2D eigenvalue weighted by Gasteiger charge is 1.89. The van der Waals surface area contributed by atoms with Crippen LogP contribution in [0.2, 0.25) is 0 Å². The Morgan fingerprint density at radius 1 is 1.22 bits per heavy atom. The van der Waals surface area contributed by atoms with Crippen molar-refractivity contribution in [1.29, 1.82) is 0 Å². The average molecular weight is 148 g/mol. The fourth-order valence-corrected chi connectivity index (χ4v) is 1.34. The molecule has 0 aliphatic rings. The summed E-state index contributed by atoms with van der Waals surface area (Å²) >= 11 is 0. The Balaban J connectivity index is 2.83. The van der Waals surface area contributed by atoms with Crippen LogP contribution in [0.15, 0.2) is 0 Å². The third-order valence-electron chi connectivity index (χ3n) is 1.29. The molecule has 1 unspecified atom stereocenters. The number of hydrogen-bond donors (Lipinski definition) is 0. The minimum absolute atomic E-state index is 0.569. The summed E-state index contributed by atoms with van der Waals surface area (Å²) in [5.74, 6) is 0.889. The summed E-state index contributed by atoms with van der Waals surface area (Å²) in [5.41, 5.74) is 0. The van der Waals surface area contributed by atoms with Crippen molar-refractivity contribution in [2.45, 2.75) is 32.6 Å². The summed E-state index contributed by atoms with van der Waals surface area (Å²) < 4.78 is 10.5. The van der Waals surface area contributed by atoms with E-state index in [-0.39, 0.29) is 0 Å².